The highest BCUT2D eigenvalue weighted by molar-refractivity contribution is 5.79. The van der Waals surface area contributed by atoms with Crippen LogP contribution >= 0.6 is 0 Å². The van der Waals surface area contributed by atoms with E-state index in [0.29, 0.717) is 42.0 Å². The van der Waals surface area contributed by atoms with Gasteiger partial charge in [-0.2, -0.15) is 0 Å². The Bertz CT molecular complexity index is 1200. The monoisotopic (exact) mass is 462 g/mol. The van der Waals surface area contributed by atoms with Gasteiger partial charge in [-0.25, -0.2) is 9.18 Å². The van der Waals surface area contributed by atoms with Gasteiger partial charge in [0, 0.05) is 25.2 Å². The molecule has 1 aliphatic heterocycles. The molecule has 0 aromatic heterocycles. The molecule has 7 heteroatoms. The molecule has 0 bridgehead atoms. The maximum absolute atomic E-state index is 14.7. The van der Waals surface area contributed by atoms with Crippen molar-refractivity contribution >= 4 is 12.0 Å². The van der Waals surface area contributed by atoms with E-state index in [1.807, 2.05) is 30.3 Å². The van der Waals surface area contributed by atoms with Gasteiger partial charge in [-0.3, -0.25) is 4.79 Å². The van der Waals surface area contributed by atoms with Crippen LogP contribution in [-0.4, -0.2) is 42.2 Å². The minimum absolute atomic E-state index is 0.129. The number of urea groups is 1. The topological polar surface area (TPSA) is 78.9 Å². The Labute approximate surface area is 198 Å². The minimum Gasteiger partial charge on any atom is -0.496 e. The number of carbonyl (C=O) groups is 2. The van der Waals surface area contributed by atoms with E-state index in [2.05, 4.69) is 5.32 Å². The predicted molar refractivity (Wildman–Crippen MR) is 127 cm³/mol. The van der Waals surface area contributed by atoms with E-state index in [1.165, 1.54) is 13.2 Å². The number of hydrogen-bond donors (Lipinski definition) is 2. The first kappa shape index (κ1) is 23.3. The van der Waals surface area contributed by atoms with Crippen molar-refractivity contribution in [2.45, 2.75) is 25.8 Å². The van der Waals surface area contributed by atoms with Crippen LogP contribution in [0, 0.1) is 5.82 Å². The summed E-state index contributed by atoms with van der Waals surface area (Å²) in [7, 11) is 1.54. The summed E-state index contributed by atoms with van der Waals surface area (Å²) < 4.78 is 20.2. The maximum Gasteiger partial charge on any atom is 0.317 e. The zero-order valence-electron chi connectivity index (χ0n) is 19.0. The Hall–Kier alpha value is -3.87. The normalized spacial score (nSPS) is 12.7. The quantitative estimate of drug-likeness (QED) is 0.544. The second-order valence-electron chi connectivity index (χ2n) is 8.30. The van der Waals surface area contributed by atoms with Crippen molar-refractivity contribution in [3.05, 3.63) is 88.7 Å². The maximum atomic E-state index is 14.7. The SMILES string of the molecule is COc1ccc(CC(=O)O)cc1-c1ccc(F)c2c1CN(C(=O)NCCc1ccccc1)CC2. The summed E-state index contributed by atoms with van der Waals surface area (Å²) in [5.41, 5.74) is 4.48. The van der Waals surface area contributed by atoms with E-state index < -0.39 is 5.97 Å². The number of fused-ring (bicyclic) bond motifs is 1. The molecule has 1 aliphatic rings. The first-order chi connectivity index (χ1) is 16.5. The van der Waals surface area contributed by atoms with Crippen LogP contribution in [0.25, 0.3) is 11.1 Å². The fourth-order valence-corrected chi connectivity index (χ4v) is 4.38. The number of amides is 2. The molecule has 176 valence electrons. The van der Waals surface area contributed by atoms with Crippen LogP contribution in [0.2, 0.25) is 0 Å². The molecule has 0 atom stereocenters. The van der Waals surface area contributed by atoms with Gasteiger partial charge >= 0.3 is 12.0 Å². The third kappa shape index (κ3) is 5.20. The molecule has 2 N–H and O–H groups in total. The largest absolute Gasteiger partial charge is 0.496 e. The number of aliphatic carboxylic acids is 1. The molecule has 1 heterocycles. The highest BCUT2D eigenvalue weighted by atomic mass is 19.1. The summed E-state index contributed by atoms with van der Waals surface area (Å²) in [6.07, 6.45) is 0.999. The summed E-state index contributed by atoms with van der Waals surface area (Å²) in [4.78, 5) is 25.8. The Morgan fingerprint density at radius 2 is 1.82 bits per heavy atom. The van der Waals surface area contributed by atoms with Crippen molar-refractivity contribution in [3.8, 4) is 16.9 Å². The lowest BCUT2D eigenvalue weighted by Gasteiger charge is -2.31. The van der Waals surface area contributed by atoms with Crippen LogP contribution in [0.4, 0.5) is 9.18 Å². The summed E-state index contributed by atoms with van der Waals surface area (Å²) in [6.45, 7) is 1.18. The number of rotatable bonds is 7. The molecule has 4 rings (SSSR count). The van der Waals surface area contributed by atoms with E-state index in [4.69, 9.17) is 4.74 Å². The second kappa shape index (κ2) is 10.4. The Morgan fingerprint density at radius 3 is 2.56 bits per heavy atom. The molecule has 0 spiro atoms. The van der Waals surface area contributed by atoms with Gasteiger partial charge in [0.15, 0.2) is 0 Å². The Balaban J connectivity index is 1.58. The molecule has 0 radical (unpaired) electrons. The Kier molecular flexibility index (Phi) is 7.11. The molecule has 6 nitrogen and oxygen atoms in total. The highest BCUT2D eigenvalue weighted by Crippen LogP contribution is 2.37. The summed E-state index contributed by atoms with van der Waals surface area (Å²) in [5, 5.41) is 12.2. The van der Waals surface area contributed by atoms with E-state index >= 15 is 0 Å². The van der Waals surface area contributed by atoms with Gasteiger partial charge in [0.25, 0.3) is 0 Å². The number of benzene rings is 3. The van der Waals surface area contributed by atoms with Crippen LogP contribution in [0.1, 0.15) is 22.3 Å². The van der Waals surface area contributed by atoms with E-state index in [-0.39, 0.29) is 24.8 Å². The number of hydrogen-bond acceptors (Lipinski definition) is 3. The van der Waals surface area contributed by atoms with Crippen LogP contribution in [0.3, 0.4) is 0 Å². The number of ether oxygens (including phenoxy) is 1. The molecule has 2 amide bonds. The average molecular weight is 463 g/mol. The van der Waals surface area contributed by atoms with Crippen LogP contribution < -0.4 is 10.1 Å². The molecule has 0 saturated heterocycles. The minimum atomic E-state index is -0.935. The first-order valence-electron chi connectivity index (χ1n) is 11.2. The number of methoxy groups -OCH3 is 1. The van der Waals surface area contributed by atoms with E-state index in [9.17, 15) is 19.1 Å². The zero-order chi connectivity index (χ0) is 24.1. The molecule has 0 unspecified atom stereocenters. The van der Waals surface area contributed by atoms with Crippen molar-refractivity contribution in [2.75, 3.05) is 20.2 Å². The molecule has 3 aromatic rings. The van der Waals surface area contributed by atoms with Gasteiger partial charge in [0.1, 0.15) is 11.6 Å². The average Bonchev–Trinajstić information content (AvgIpc) is 2.84. The van der Waals surface area contributed by atoms with E-state index in [0.717, 1.165) is 23.1 Å². The second-order valence-corrected chi connectivity index (χ2v) is 8.30. The van der Waals surface area contributed by atoms with Crippen LogP contribution in [0.15, 0.2) is 60.7 Å². The molecule has 0 aliphatic carbocycles. The van der Waals surface area contributed by atoms with Gasteiger partial charge in [-0.05, 0) is 58.9 Å². The van der Waals surface area contributed by atoms with Gasteiger partial charge in [0.2, 0.25) is 0 Å². The third-order valence-electron chi connectivity index (χ3n) is 6.08. The van der Waals surface area contributed by atoms with Crippen LogP contribution in [0.5, 0.6) is 5.75 Å². The van der Waals surface area contributed by atoms with Crippen molar-refractivity contribution < 1.29 is 23.8 Å². The summed E-state index contributed by atoms with van der Waals surface area (Å²) in [6, 6.07) is 18.0. The number of carbonyl (C=O) groups excluding carboxylic acids is 1. The molecule has 0 saturated carbocycles. The van der Waals surface area contributed by atoms with E-state index in [1.54, 1.807) is 29.2 Å². The number of nitrogens with one attached hydrogen (secondary N) is 1. The molecule has 34 heavy (non-hydrogen) atoms. The van der Waals surface area contributed by atoms with Crippen molar-refractivity contribution in [1.82, 2.24) is 10.2 Å². The fraction of sp³-hybridized carbons (Fsp3) is 0.259. The smallest absolute Gasteiger partial charge is 0.317 e. The molecule has 0 fully saturated rings. The molecule has 3 aromatic carbocycles. The standard InChI is InChI=1S/C27H27FN2O4/c1-34-25-10-7-19(16-26(31)32)15-22(25)20-8-9-24(28)21-12-14-30(17-23(20)21)27(33)29-13-11-18-5-3-2-4-6-18/h2-10,15H,11-14,16-17H2,1H3,(H,29,33)(H,31,32). The van der Waals surface area contributed by atoms with Crippen molar-refractivity contribution in [3.63, 3.8) is 0 Å². The number of halogens is 1. The Morgan fingerprint density at radius 1 is 1.03 bits per heavy atom. The van der Waals surface area contributed by atoms with Gasteiger partial charge in [-0.1, -0.05) is 42.5 Å². The number of carboxylic acids is 1. The fourth-order valence-electron chi connectivity index (χ4n) is 4.38. The van der Waals surface area contributed by atoms with Crippen molar-refractivity contribution in [2.24, 2.45) is 0 Å². The lowest BCUT2D eigenvalue weighted by atomic mass is 9.89. The van der Waals surface area contributed by atoms with Gasteiger partial charge in [-0.15, -0.1) is 0 Å². The predicted octanol–water partition coefficient (Wildman–Crippen LogP) is 4.44. The number of nitrogens with zero attached hydrogens (tertiary/aromatic N) is 1. The highest BCUT2D eigenvalue weighted by Gasteiger charge is 2.26. The summed E-state index contributed by atoms with van der Waals surface area (Å²) >= 11 is 0. The zero-order valence-corrected chi connectivity index (χ0v) is 19.0. The van der Waals surface area contributed by atoms with Crippen molar-refractivity contribution in [1.29, 1.82) is 0 Å². The number of carboxylic acid groups (broad SMARTS) is 1. The van der Waals surface area contributed by atoms with Gasteiger partial charge in [0.05, 0.1) is 13.5 Å². The van der Waals surface area contributed by atoms with Crippen LogP contribution in [-0.2, 0) is 30.6 Å². The molecular weight excluding hydrogens is 435 g/mol. The van der Waals surface area contributed by atoms with Gasteiger partial charge < -0.3 is 20.1 Å². The lowest BCUT2D eigenvalue weighted by molar-refractivity contribution is -0.136. The summed E-state index contributed by atoms with van der Waals surface area (Å²) in [5.74, 6) is -0.675. The third-order valence-corrected chi connectivity index (χ3v) is 6.08. The first-order valence-corrected chi connectivity index (χ1v) is 11.2. The lowest BCUT2D eigenvalue weighted by Crippen LogP contribution is -2.43. The molecular formula is C27H27FN2O4.